The minimum absolute atomic E-state index is 0.110. The first-order valence-electron chi connectivity index (χ1n) is 12.2. The molecule has 0 saturated carbocycles. The molecule has 2 aromatic heterocycles. The lowest BCUT2D eigenvalue weighted by Gasteiger charge is -2.19. The van der Waals surface area contributed by atoms with Crippen molar-refractivity contribution in [2.24, 2.45) is 0 Å². The number of aliphatic carboxylic acids is 1. The molecule has 0 radical (unpaired) electrons. The molecule has 1 amide bonds. The maximum Gasteiger partial charge on any atom is 0.271 e. The van der Waals surface area contributed by atoms with Gasteiger partial charge in [-0.25, -0.2) is 9.37 Å². The van der Waals surface area contributed by atoms with Gasteiger partial charge < -0.3 is 30.0 Å². The Kier molecular flexibility index (Phi) is 9.87. The Balaban J connectivity index is 1.85. The third kappa shape index (κ3) is 7.93. The van der Waals surface area contributed by atoms with Crippen LogP contribution in [0.4, 0.5) is 4.39 Å². The van der Waals surface area contributed by atoms with Crippen LogP contribution in [0.15, 0.2) is 48.8 Å². The number of carbonyl (C=O) groups excluding carboxylic acids is 2. The second-order valence-electron chi connectivity index (χ2n) is 9.26. The number of aliphatic hydroxyl groups is 2. The topological polar surface area (TPSA) is 140 Å². The Morgan fingerprint density at radius 1 is 1.14 bits per heavy atom. The number of nitrogens with one attached hydrogen (secondary N) is 1. The Bertz CT molecular complexity index is 1180. The lowest BCUT2D eigenvalue weighted by molar-refractivity contribution is -0.307. The van der Waals surface area contributed by atoms with Gasteiger partial charge in [0.25, 0.3) is 5.91 Å². The number of carboxylic acids is 1. The highest BCUT2D eigenvalue weighted by Crippen LogP contribution is 2.29. The van der Waals surface area contributed by atoms with E-state index in [9.17, 15) is 29.3 Å². The third-order valence-electron chi connectivity index (χ3n) is 5.93. The molecule has 1 aromatic carbocycles. The van der Waals surface area contributed by atoms with Crippen LogP contribution in [0.1, 0.15) is 60.8 Å². The van der Waals surface area contributed by atoms with E-state index in [1.807, 2.05) is 30.5 Å². The SMILES string of the molecule is CC(C)c1c(C(=O)NCCc2cccnc2)nc(-c2ccc(F)cc2)n1CC[C@@H](O)C[C@@H](O)CC(=O)[O-]. The Morgan fingerprint density at radius 3 is 2.49 bits per heavy atom. The van der Waals surface area contributed by atoms with Crippen molar-refractivity contribution in [1.82, 2.24) is 19.9 Å². The quantitative estimate of drug-likeness (QED) is 0.318. The number of aromatic nitrogens is 3. The van der Waals surface area contributed by atoms with E-state index in [1.165, 1.54) is 12.1 Å². The summed E-state index contributed by atoms with van der Waals surface area (Å²) in [7, 11) is 0. The van der Waals surface area contributed by atoms with Gasteiger partial charge in [-0.15, -0.1) is 0 Å². The van der Waals surface area contributed by atoms with Gasteiger partial charge >= 0.3 is 0 Å². The van der Waals surface area contributed by atoms with Crippen LogP contribution in [0, 0.1) is 5.82 Å². The van der Waals surface area contributed by atoms with Crippen molar-refractivity contribution in [2.75, 3.05) is 6.54 Å². The third-order valence-corrected chi connectivity index (χ3v) is 5.93. The van der Waals surface area contributed by atoms with Crippen molar-refractivity contribution in [3.63, 3.8) is 0 Å². The smallest absolute Gasteiger partial charge is 0.271 e. The van der Waals surface area contributed by atoms with Gasteiger partial charge in [0.05, 0.1) is 17.9 Å². The first kappa shape index (κ1) is 27.9. The highest BCUT2D eigenvalue weighted by molar-refractivity contribution is 5.94. The number of hydrogen-bond donors (Lipinski definition) is 3. The predicted octanol–water partition coefficient (Wildman–Crippen LogP) is 1.82. The average molecular weight is 512 g/mol. The van der Waals surface area contributed by atoms with Crippen LogP contribution in [0.3, 0.4) is 0 Å². The highest BCUT2D eigenvalue weighted by atomic mass is 19.1. The molecule has 3 N–H and O–H groups in total. The van der Waals surface area contributed by atoms with E-state index in [0.717, 1.165) is 5.56 Å². The van der Waals surface area contributed by atoms with E-state index in [2.05, 4.69) is 15.3 Å². The van der Waals surface area contributed by atoms with Crippen LogP contribution >= 0.6 is 0 Å². The van der Waals surface area contributed by atoms with Crippen LogP contribution in [-0.2, 0) is 17.8 Å². The summed E-state index contributed by atoms with van der Waals surface area (Å²) in [4.78, 5) is 32.6. The molecule has 0 saturated heterocycles. The van der Waals surface area contributed by atoms with Crippen LogP contribution in [0.25, 0.3) is 11.4 Å². The van der Waals surface area contributed by atoms with Gasteiger partial charge in [0.1, 0.15) is 17.3 Å². The number of hydrogen-bond acceptors (Lipinski definition) is 7. The lowest BCUT2D eigenvalue weighted by atomic mass is 10.0. The number of pyridine rings is 1. The van der Waals surface area contributed by atoms with Crippen molar-refractivity contribution in [3.8, 4) is 11.4 Å². The summed E-state index contributed by atoms with van der Waals surface area (Å²) in [6.07, 6.45) is 1.28. The number of benzene rings is 1. The molecule has 2 atom stereocenters. The molecule has 0 spiro atoms. The van der Waals surface area contributed by atoms with Crippen molar-refractivity contribution < 1.29 is 29.3 Å². The van der Waals surface area contributed by atoms with Gasteiger partial charge in [0.15, 0.2) is 0 Å². The fourth-order valence-corrected chi connectivity index (χ4v) is 4.20. The van der Waals surface area contributed by atoms with Crippen LogP contribution in [0.2, 0.25) is 0 Å². The fraction of sp³-hybridized carbons (Fsp3) is 0.407. The van der Waals surface area contributed by atoms with Gasteiger partial charge in [-0.3, -0.25) is 9.78 Å². The predicted molar refractivity (Wildman–Crippen MR) is 133 cm³/mol. The molecule has 2 heterocycles. The van der Waals surface area contributed by atoms with E-state index in [-0.39, 0.29) is 36.9 Å². The average Bonchev–Trinajstić information content (AvgIpc) is 3.23. The van der Waals surface area contributed by atoms with Crippen molar-refractivity contribution in [1.29, 1.82) is 0 Å². The fourth-order valence-electron chi connectivity index (χ4n) is 4.20. The summed E-state index contributed by atoms with van der Waals surface area (Å²) >= 11 is 0. The number of carbonyl (C=O) groups is 2. The minimum Gasteiger partial charge on any atom is -0.550 e. The van der Waals surface area contributed by atoms with Gasteiger partial charge in [-0.05, 0) is 61.1 Å². The molecular weight excluding hydrogens is 479 g/mol. The van der Waals surface area contributed by atoms with E-state index >= 15 is 0 Å². The van der Waals surface area contributed by atoms with Gasteiger partial charge in [-0.1, -0.05) is 19.9 Å². The van der Waals surface area contributed by atoms with E-state index in [0.29, 0.717) is 30.0 Å². The second kappa shape index (κ2) is 13.1. The van der Waals surface area contributed by atoms with Gasteiger partial charge in [0.2, 0.25) is 0 Å². The normalized spacial score (nSPS) is 12.9. The molecule has 37 heavy (non-hydrogen) atoms. The van der Waals surface area contributed by atoms with Gasteiger partial charge in [-0.2, -0.15) is 0 Å². The standard InChI is InChI=1S/C27H33FN4O5/c1-17(2)25-24(27(37)30-12-9-18-4-3-11-29-16-18)31-26(19-5-7-20(28)8-6-19)32(25)13-10-21(33)14-22(34)15-23(35)36/h3-8,11,16-17,21-22,33-34H,9-10,12-15H2,1-2H3,(H,30,37)(H,35,36)/p-1/t21-,22-/m1/s1. The number of aliphatic hydroxyl groups excluding tert-OH is 2. The number of amides is 1. The molecule has 198 valence electrons. The largest absolute Gasteiger partial charge is 0.550 e. The first-order chi connectivity index (χ1) is 17.7. The monoisotopic (exact) mass is 511 g/mol. The first-order valence-corrected chi connectivity index (χ1v) is 12.2. The maximum atomic E-state index is 13.6. The summed E-state index contributed by atoms with van der Waals surface area (Å²) < 4.78 is 15.4. The van der Waals surface area contributed by atoms with Crippen molar-refractivity contribution in [3.05, 3.63) is 71.6 Å². The number of halogens is 1. The summed E-state index contributed by atoms with van der Waals surface area (Å²) in [5, 5.41) is 33.9. The van der Waals surface area contributed by atoms with Crippen LogP contribution in [0.5, 0.6) is 0 Å². The molecule has 0 unspecified atom stereocenters. The van der Waals surface area contributed by atoms with Crippen molar-refractivity contribution in [2.45, 2.75) is 64.2 Å². The molecule has 3 aromatic rings. The molecule has 0 aliphatic rings. The summed E-state index contributed by atoms with van der Waals surface area (Å²) in [5.74, 6) is -1.81. The Hall–Kier alpha value is -3.63. The zero-order valence-corrected chi connectivity index (χ0v) is 20.9. The molecule has 10 heteroatoms. The molecule has 0 aliphatic carbocycles. The molecule has 0 fully saturated rings. The zero-order chi connectivity index (χ0) is 26.9. The summed E-state index contributed by atoms with van der Waals surface area (Å²) in [6, 6.07) is 9.51. The maximum absolute atomic E-state index is 13.6. The van der Waals surface area contributed by atoms with Gasteiger partial charge in [0, 0.05) is 43.4 Å². The number of carboxylic acid groups (broad SMARTS) is 1. The number of imidazole rings is 1. The number of rotatable bonds is 13. The molecule has 0 bridgehead atoms. The van der Waals surface area contributed by atoms with Crippen molar-refractivity contribution >= 4 is 11.9 Å². The molecule has 3 rings (SSSR count). The minimum atomic E-state index is -1.39. The Labute approximate surface area is 215 Å². The molecular formula is C27H32FN4O5-. The lowest BCUT2D eigenvalue weighted by Crippen LogP contribution is -2.30. The van der Waals surface area contributed by atoms with E-state index in [1.54, 1.807) is 24.5 Å². The zero-order valence-electron chi connectivity index (χ0n) is 20.9. The summed E-state index contributed by atoms with van der Waals surface area (Å²) in [6.45, 7) is 4.48. The van der Waals surface area contributed by atoms with Crippen LogP contribution < -0.4 is 10.4 Å². The highest BCUT2D eigenvalue weighted by Gasteiger charge is 2.26. The number of nitrogens with zero attached hydrogens (tertiary/aromatic N) is 3. The molecule has 9 nitrogen and oxygen atoms in total. The van der Waals surface area contributed by atoms with Crippen LogP contribution in [-0.4, -0.2) is 55.4 Å². The summed E-state index contributed by atoms with van der Waals surface area (Å²) in [5.41, 5.74) is 2.48. The Morgan fingerprint density at radius 2 is 1.86 bits per heavy atom. The van der Waals surface area contributed by atoms with E-state index in [4.69, 9.17) is 0 Å². The van der Waals surface area contributed by atoms with E-state index < -0.39 is 30.4 Å². The second-order valence-corrected chi connectivity index (χ2v) is 9.26. The molecule has 0 aliphatic heterocycles.